The van der Waals surface area contributed by atoms with Gasteiger partial charge in [0.2, 0.25) is 5.91 Å². The zero-order valence-corrected chi connectivity index (χ0v) is 15.2. The van der Waals surface area contributed by atoms with E-state index < -0.39 is 0 Å². The van der Waals surface area contributed by atoms with Crippen LogP contribution in [-0.2, 0) is 16.1 Å². The van der Waals surface area contributed by atoms with Crippen molar-refractivity contribution in [1.82, 2.24) is 15.0 Å². The third-order valence-electron chi connectivity index (χ3n) is 5.23. The highest BCUT2D eigenvalue weighted by molar-refractivity contribution is 5.79. The third kappa shape index (κ3) is 3.81. The van der Waals surface area contributed by atoms with Crippen molar-refractivity contribution >= 4 is 5.91 Å². The molecular formula is C18H29N3O3. The molecule has 2 fully saturated rings. The second kappa shape index (κ2) is 7.23. The summed E-state index contributed by atoms with van der Waals surface area (Å²) in [6.07, 6.45) is 2.14. The van der Waals surface area contributed by atoms with E-state index in [9.17, 15) is 4.79 Å². The molecule has 2 saturated heterocycles. The normalized spacial score (nSPS) is 26.8. The van der Waals surface area contributed by atoms with E-state index in [4.69, 9.17) is 9.26 Å². The van der Waals surface area contributed by atoms with Gasteiger partial charge in [0.1, 0.15) is 5.76 Å². The fourth-order valence-corrected chi connectivity index (χ4v) is 3.91. The van der Waals surface area contributed by atoms with Gasteiger partial charge in [-0.05, 0) is 53.6 Å². The van der Waals surface area contributed by atoms with Crippen LogP contribution < -0.4 is 0 Å². The van der Waals surface area contributed by atoms with E-state index in [1.807, 2.05) is 32.6 Å². The molecule has 1 amide bonds. The van der Waals surface area contributed by atoms with Crippen molar-refractivity contribution in [2.24, 2.45) is 5.92 Å². The maximum Gasteiger partial charge on any atom is 0.225 e. The Kier molecular flexibility index (Phi) is 5.25. The highest BCUT2D eigenvalue weighted by atomic mass is 16.5. The molecule has 6 nitrogen and oxygen atoms in total. The zero-order valence-electron chi connectivity index (χ0n) is 15.2. The number of piperidine rings is 1. The Morgan fingerprint density at radius 3 is 2.33 bits per heavy atom. The molecule has 134 valence electrons. The Labute approximate surface area is 144 Å². The van der Waals surface area contributed by atoms with Crippen LogP contribution in [0.2, 0.25) is 0 Å². The largest absolute Gasteiger partial charge is 0.372 e. The van der Waals surface area contributed by atoms with Gasteiger partial charge < -0.3 is 14.2 Å². The SMILES string of the molecule is Cc1noc(C)c1CN1CCC(C(=O)N2C[C@H](C)O[C@@H](C)C2)CC1. The smallest absolute Gasteiger partial charge is 0.225 e. The molecule has 0 N–H and O–H groups in total. The predicted molar refractivity (Wildman–Crippen MR) is 90.6 cm³/mol. The Morgan fingerprint density at radius 1 is 1.17 bits per heavy atom. The monoisotopic (exact) mass is 335 g/mol. The van der Waals surface area contributed by atoms with Gasteiger partial charge in [-0.3, -0.25) is 9.69 Å². The summed E-state index contributed by atoms with van der Waals surface area (Å²) in [7, 11) is 0. The van der Waals surface area contributed by atoms with Gasteiger partial charge in [-0.2, -0.15) is 0 Å². The summed E-state index contributed by atoms with van der Waals surface area (Å²) in [5.74, 6) is 1.37. The first kappa shape index (κ1) is 17.4. The van der Waals surface area contributed by atoms with E-state index in [1.54, 1.807) is 0 Å². The summed E-state index contributed by atoms with van der Waals surface area (Å²) in [6, 6.07) is 0. The number of aromatic nitrogens is 1. The van der Waals surface area contributed by atoms with Crippen molar-refractivity contribution in [3.05, 3.63) is 17.0 Å². The van der Waals surface area contributed by atoms with Crippen LogP contribution in [0, 0.1) is 19.8 Å². The van der Waals surface area contributed by atoms with E-state index in [0.717, 1.165) is 57.0 Å². The van der Waals surface area contributed by atoms with Crippen LogP contribution in [0.1, 0.15) is 43.7 Å². The number of likely N-dealkylation sites (tertiary alicyclic amines) is 1. The average molecular weight is 335 g/mol. The number of rotatable bonds is 3. The Balaban J connectivity index is 1.52. The minimum atomic E-state index is 0.136. The lowest BCUT2D eigenvalue weighted by Crippen LogP contribution is -2.51. The maximum atomic E-state index is 12.8. The number of hydrogen-bond acceptors (Lipinski definition) is 5. The van der Waals surface area contributed by atoms with Crippen LogP contribution in [-0.4, -0.2) is 59.3 Å². The first-order valence-corrected chi connectivity index (χ1v) is 9.02. The molecule has 0 bridgehead atoms. The first-order chi connectivity index (χ1) is 11.4. The molecule has 0 aliphatic carbocycles. The number of hydrogen-bond donors (Lipinski definition) is 0. The third-order valence-corrected chi connectivity index (χ3v) is 5.23. The Bertz CT molecular complexity index is 549. The molecule has 0 unspecified atom stereocenters. The number of ether oxygens (including phenoxy) is 1. The summed E-state index contributed by atoms with van der Waals surface area (Å²) in [4.78, 5) is 17.2. The minimum absolute atomic E-state index is 0.136. The molecule has 24 heavy (non-hydrogen) atoms. The second-order valence-corrected chi connectivity index (χ2v) is 7.35. The molecule has 3 rings (SSSR count). The zero-order chi connectivity index (χ0) is 17.3. The van der Waals surface area contributed by atoms with Gasteiger partial charge in [0, 0.05) is 31.1 Å². The van der Waals surface area contributed by atoms with Crippen molar-refractivity contribution in [2.75, 3.05) is 26.2 Å². The van der Waals surface area contributed by atoms with Crippen LogP contribution >= 0.6 is 0 Å². The lowest BCUT2D eigenvalue weighted by molar-refractivity contribution is -0.148. The number of aryl methyl sites for hydroxylation is 2. The molecule has 2 aliphatic heterocycles. The van der Waals surface area contributed by atoms with Crippen molar-refractivity contribution < 1.29 is 14.1 Å². The highest BCUT2D eigenvalue weighted by Crippen LogP contribution is 2.24. The fraction of sp³-hybridized carbons (Fsp3) is 0.778. The number of amides is 1. The fourth-order valence-electron chi connectivity index (χ4n) is 3.91. The molecule has 1 aromatic rings. The van der Waals surface area contributed by atoms with Crippen LogP contribution in [0.5, 0.6) is 0 Å². The maximum absolute atomic E-state index is 12.8. The van der Waals surface area contributed by atoms with Crippen molar-refractivity contribution in [3.63, 3.8) is 0 Å². The lowest BCUT2D eigenvalue weighted by atomic mass is 9.94. The highest BCUT2D eigenvalue weighted by Gasteiger charge is 2.32. The van der Waals surface area contributed by atoms with E-state index in [-0.39, 0.29) is 18.1 Å². The van der Waals surface area contributed by atoms with E-state index in [0.29, 0.717) is 5.91 Å². The second-order valence-electron chi connectivity index (χ2n) is 7.35. The lowest BCUT2D eigenvalue weighted by Gasteiger charge is -2.39. The van der Waals surface area contributed by atoms with Crippen LogP contribution in [0.4, 0.5) is 0 Å². The molecule has 0 saturated carbocycles. The molecular weight excluding hydrogens is 306 g/mol. The first-order valence-electron chi connectivity index (χ1n) is 9.02. The van der Waals surface area contributed by atoms with Gasteiger partial charge in [0.15, 0.2) is 0 Å². The van der Waals surface area contributed by atoms with E-state index in [2.05, 4.69) is 10.1 Å². The number of morpholine rings is 1. The number of carbonyl (C=O) groups excluding carboxylic acids is 1. The molecule has 0 aromatic carbocycles. The van der Waals surface area contributed by atoms with Crippen molar-refractivity contribution in [2.45, 2.75) is 59.3 Å². The Hall–Kier alpha value is -1.40. The summed E-state index contributed by atoms with van der Waals surface area (Å²) < 4.78 is 11.0. The molecule has 2 aliphatic rings. The van der Waals surface area contributed by atoms with Gasteiger partial charge in [0.05, 0.1) is 17.9 Å². The van der Waals surface area contributed by atoms with E-state index in [1.165, 1.54) is 5.56 Å². The van der Waals surface area contributed by atoms with Gasteiger partial charge >= 0.3 is 0 Å². The van der Waals surface area contributed by atoms with Crippen molar-refractivity contribution in [3.8, 4) is 0 Å². The molecule has 3 heterocycles. The van der Waals surface area contributed by atoms with Crippen molar-refractivity contribution in [1.29, 1.82) is 0 Å². The van der Waals surface area contributed by atoms with Crippen LogP contribution in [0.3, 0.4) is 0 Å². The molecule has 1 aromatic heterocycles. The topological polar surface area (TPSA) is 58.8 Å². The van der Waals surface area contributed by atoms with Gasteiger partial charge in [-0.15, -0.1) is 0 Å². The summed E-state index contributed by atoms with van der Waals surface area (Å²) in [5.41, 5.74) is 2.16. The van der Waals surface area contributed by atoms with Gasteiger partial charge in [-0.25, -0.2) is 0 Å². The summed E-state index contributed by atoms with van der Waals surface area (Å²) in [6.45, 7) is 12.3. The predicted octanol–water partition coefficient (Wildman–Crippen LogP) is 2.14. The standard InChI is InChI=1S/C18H29N3O3/c1-12-9-21(10-13(2)23-12)18(22)16-5-7-20(8-6-16)11-17-14(3)19-24-15(17)4/h12-13,16H,5-11H2,1-4H3/t12-,13-/m0/s1. The molecule has 6 heteroatoms. The minimum Gasteiger partial charge on any atom is -0.372 e. The average Bonchev–Trinajstić information content (AvgIpc) is 2.86. The summed E-state index contributed by atoms with van der Waals surface area (Å²) >= 11 is 0. The number of carbonyl (C=O) groups is 1. The summed E-state index contributed by atoms with van der Waals surface area (Å²) in [5, 5.41) is 4.03. The van der Waals surface area contributed by atoms with Gasteiger partial charge in [-0.1, -0.05) is 5.16 Å². The molecule has 2 atom stereocenters. The molecule has 0 radical (unpaired) electrons. The van der Waals surface area contributed by atoms with Crippen LogP contribution in [0.15, 0.2) is 4.52 Å². The quantitative estimate of drug-likeness (QED) is 0.847. The Morgan fingerprint density at radius 2 is 1.79 bits per heavy atom. The van der Waals surface area contributed by atoms with E-state index >= 15 is 0 Å². The number of nitrogens with zero attached hydrogens (tertiary/aromatic N) is 3. The molecule has 0 spiro atoms. The van der Waals surface area contributed by atoms with Gasteiger partial charge in [0.25, 0.3) is 0 Å². The van der Waals surface area contributed by atoms with Crippen LogP contribution in [0.25, 0.3) is 0 Å².